The molecule has 1 heterocycles. The number of ether oxygens (including phenoxy) is 1. The van der Waals surface area contributed by atoms with Crippen molar-refractivity contribution in [3.8, 4) is 17.1 Å². The lowest BCUT2D eigenvalue weighted by Gasteiger charge is -2.05. The van der Waals surface area contributed by atoms with Gasteiger partial charge in [-0.2, -0.15) is 5.84 Å². The fourth-order valence-corrected chi connectivity index (χ4v) is 1.80. The molecule has 0 aliphatic carbocycles. The number of methoxy groups -OCH3 is 1. The predicted molar refractivity (Wildman–Crippen MR) is 68.7 cm³/mol. The highest BCUT2D eigenvalue weighted by atomic mass is 35.5. The zero-order valence-corrected chi connectivity index (χ0v) is 10.4. The second-order valence-electron chi connectivity index (χ2n) is 3.53. The normalized spacial score (nSPS) is 10.1. The second kappa shape index (κ2) is 5.01. The van der Waals surface area contributed by atoms with Crippen LogP contribution in [0.25, 0.3) is 11.3 Å². The van der Waals surface area contributed by atoms with Crippen molar-refractivity contribution in [2.24, 2.45) is 5.84 Å². The fraction of sp³-hybridized carbons (Fsp3) is 0.0833. The molecule has 0 aliphatic rings. The molecule has 0 bridgehead atoms. The van der Waals surface area contributed by atoms with Gasteiger partial charge in [0.25, 0.3) is 5.88 Å². The van der Waals surface area contributed by atoms with Crippen molar-refractivity contribution in [3.05, 3.63) is 46.3 Å². The van der Waals surface area contributed by atoms with Crippen LogP contribution in [0.1, 0.15) is 0 Å². The van der Waals surface area contributed by atoms with Crippen LogP contribution < -0.4 is 10.6 Å². The van der Waals surface area contributed by atoms with E-state index in [1.807, 2.05) is 18.2 Å². The maximum absolute atomic E-state index is 11.1. The van der Waals surface area contributed by atoms with Crippen LogP contribution in [0.5, 0.6) is 5.88 Å². The smallest absolute Gasteiger partial charge is 0.353 e. The van der Waals surface area contributed by atoms with Crippen molar-refractivity contribution in [3.63, 3.8) is 0 Å². The molecule has 0 unspecified atom stereocenters. The van der Waals surface area contributed by atoms with E-state index < -0.39 is 0 Å². The van der Waals surface area contributed by atoms with Crippen LogP contribution in [0.4, 0.5) is 5.69 Å². The monoisotopic (exact) mass is 264 g/mol. The lowest BCUT2D eigenvalue weighted by molar-refractivity contribution is -0.475. The van der Waals surface area contributed by atoms with Crippen LogP contribution in [-0.2, 0) is 0 Å². The first kappa shape index (κ1) is 12.3. The second-order valence-corrected chi connectivity index (χ2v) is 3.94. The van der Waals surface area contributed by atoms with E-state index in [-0.39, 0.29) is 16.4 Å². The number of nitroso groups, excluding NO2 is 1. The molecule has 0 spiro atoms. The van der Waals surface area contributed by atoms with Crippen LogP contribution in [0.3, 0.4) is 0 Å². The molecule has 1 aromatic heterocycles. The van der Waals surface area contributed by atoms with Crippen LogP contribution in [-0.4, -0.2) is 17.0 Å². The summed E-state index contributed by atoms with van der Waals surface area (Å²) in [5.41, 5.74) is 1.54. The number of pyridine rings is 1. The lowest BCUT2D eigenvalue weighted by atomic mass is 10.1. The standard InChI is InChI=1S/C12H11ClN3O2/c1-18-12-11(16(14)17)7-6-10(15-12)8-4-2-3-5-9(8)13/h2-7H,1H3,(H2,14,17)/q+1. The first-order valence-corrected chi connectivity index (χ1v) is 5.53. The molecule has 0 atom stereocenters. The van der Waals surface area contributed by atoms with Gasteiger partial charge in [0, 0.05) is 16.7 Å². The van der Waals surface area contributed by atoms with Gasteiger partial charge in [0.2, 0.25) is 0 Å². The van der Waals surface area contributed by atoms with Crippen molar-refractivity contribution >= 4 is 17.3 Å². The summed E-state index contributed by atoms with van der Waals surface area (Å²) in [5, 5.41) is 0.575. The largest absolute Gasteiger partial charge is 0.476 e. The molecule has 18 heavy (non-hydrogen) atoms. The molecule has 0 saturated carbocycles. The molecular weight excluding hydrogens is 254 g/mol. The Morgan fingerprint density at radius 1 is 1.28 bits per heavy atom. The molecule has 5 nitrogen and oxygen atoms in total. The summed E-state index contributed by atoms with van der Waals surface area (Å²) >= 11 is 6.08. The number of hydrogen-bond donors (Lipinski definition) is 1. The summed E-state index contributed by atoms with van der Waals surface area (Å²) in [6.07, 6.45) is 0. The van der Waals surface area contributed by atoms with Gasteiger partial charge in [0.05, 0.1) is 17.7 Å². The summed E-state index contributed by atoms with van der Waals surface area (Å²) in [6, 6.07) is 10.5. The van der Waals surface area contributed by atoms with Crippen molar-refractivity contribution in [2.45, 2.75) is 0 Å². The topological polar surface area (TPSA) is 68.2 Å². The number of halogens is 1. The Hall–Kier alpha value is -2.14. The van der Waals surface area contributed by atoms with Crippen molar-refractivity contribution in [1.82, 2.24) is 4.98 Å². The van der Waals surface area contributed by atoms with E-state index in [9.17, 15) is 4.91 Å². The molecule has 1 aromatic carbocycles. The van der Waals surface area contributed by atoms with Crippen LogP contribution in [0.2, 0.25) is 5.02 Å². The number of nitrogens with zero attached hydrogens (tertiary/aromatic N) is 2. The van der Waals surface area contributed by atoms with Gasteiger partial charge in [-0.3, -0.25) is 0 Å². The highest BCUT2D eigenvalue weighted by molar-refractivity contribution is 6.33. The molecule has 0 fully saturated rings. The number of rotatable bonds is 3. The maximum Gasteiger partial charge on any atom is 0.353 e. The third-order valence-electron chi connectivity index (χ3n) is 2.42. The van der Waals surface area contributed by atoms with Crippen molar-refractivity contribution < 1.29 is 9.61 Å². The predicted octanol–water partition coefficient (Wildman–Crippen LogP) is 2.69. The third-order valence-corrected chi connectivity index (χ3v) is 2.75. The Balaban J connectivity index is 2.55. The van der Waals surface area contributed by atoms with Gasteiger partial charge < -0.3 is 4.74 Å². The van der Waals surface area contributed by atoms with E-state index >= 15 is 0 Å². The fourth-order valence-electron chi connectivity index (χ4n) is 1.57. The highest BCUT2D eigenvalue weighted by Crippen LogP contribution is 2.31. The molecule has 2 rings (SSSR count). The number of benzene rings is 1. The number of aromatic nitrogens is 1. The maximum atomic E-state index is 11.1. The quantitative estimate of drug-likeness (QED) is 0.526. The Morgan fingerprint density at radius 2 is 2.00 bits per heavy atom. The van der Waals surface area contributed by atoms with Gasteiger partial charge in [0.15, 0.2) is 4.87 Å². The number of hydrogen-bond acceptors (Lipinski definition) is 3. The number of nitrogens with two attached hydrogens (primary N) is 1. The van der Waals surface area contributed by atoms with E-state index in [0.29, 0.717) is 10.7 Å². The summed E-state index contributed by atoms with van der Waals surface area (Å²) in [6.45, 7) is 0. The molecule has 0 amide bonds. The van der Waals surface area contributed by atoms with Gasteiger partial charge in [-0.1, -0.05) is 29.8 Å². The summed E-state index contributed by atoms with van der Waals surface area (Å²) in [5.74, 6) is 5.30. The third kappa shape index (κ3) is 2.26. The van der Waals surface area contributed by atoms with Gasteiger partial charge in [-0.25, -0.2) is 4.98 Å². The van der Waals surface area contributed by atoms with Crippen LogP contribution in [0.15, 0.2) is 36.4 Å². The first-order chi connectivity index (χ1) is 8.63. The van der Waals surface area contributed by atoms with Crippen molar-refractivity contribution in [1.29, 1.82) is 0 Å². The van der Waals surface area contributed by atoms with Gasteiger partial charge in [0.1, 0.15) is 0 Å². The van der Waals surface area contributed by atoms with E-state index in [0.717, 1.165) is 5.56 Å². The molecule has 92 valence electrons. The molecule has 2 aromatic rings. The summed E-state index contributed by atoms with van der Waals surface area (Å²) in [7, 11) is 1.42. The lowest BCUT2D eigenvalue weighted by Crippen LogP contribution is -2.10. The molecule has 2 N–H and O–H groups in total. The SMILES string of the molecule is COc1nc(-c2ccccc2Cl)ccc1[N+](N)=O. The summed E-state index contributed by atoms with van der Waals surface area (Å²) in [4.78, 5) is 15.5. The van der Waals surface area contributed by atoms with Crippen molar-refractivity contribution in [2.75, 3.05) is 7.11 Å². The van der Waals surface area contributed by atoms with Gasteiger partial charge in [-0.05, 0) is 12.1 Å². The Labute approximate surface area is 109 Å². The zero-order valence-electron chi connectivity index (χ0n) is 9.63. The van der Waals surface area contributed by atoms with Gasteiger partial charge >= 0.3 is 5.69 Å². The Bertz CT molecular complexity index is 602. The first-order valence-electron chi connectivity index (χ1n) is 5.15. The minimum atomic E-state index is 0.157. The average Bonchev–Trinajstić information content (AvgIpc) is 2.38. The van der Waals surface area contributed by atoms with E-state index in [4.69, 9.17) is 22.2 Å². The molecular formula is C12H11ClN3O2+. The minimum absolute atomic E-state index is 0.157. The molecule has 0 saturated heterocycles. The van der Waals surface area contributed by atoms with E-state index in [1.54, 1.807) is 12.1 Å². The van der Waals surface area contributed by atoms with Gasteiger partial charge in [-0.15, -0.1) is 0 Å². The summed E-state index contributed by atoms with van der Waals surface area (Å²) < 4.78 is 5.03. The molecule has 0 radical (unpaired) electrons. The minimum Gasteiger partial charge on any atom is -0.476 e. The molecule has 0 aliphatic heterocycles. The Kier molecular flexibility index (Phi) is 3.43. The Morgan fingerprint density at radius 3 is 2.61 bits per heavy atom. The average molecular weight is 265 g/mol. The van der Waals surface area contributed by atoms with Crippen LogP contribution in [0, 0.1) is 4.91 Å². The highest BCUT2D eigenvalue weighted by Gasteiger charge is 2.20. The number of hydrazine groups is 1. The zero-order chi connectivity index (χ0) is 13.1. The van der Waals surface area contributed by atoms with Crippen LogP contribution >= 0.6 is 11.6 Å². The van der Waals surface area contributed by atoms with E-state index in [1.165, 1.54) is 13.2 Å². The molecule has 6 heteroatoms. The van der Waals surface area contributed by atoms with E-state index in [2.05, 4.69) is 4.98 Å².